The number of carbonyl (C=O) groups is 1. The summed E-state index contributed by atoms with van der Waals surface area (Å²) in [6.07, 6.45) is 3.24. The molecule has 1 atom stereocenters. The number of rotatable bonds is 8. The van der Waals surface area contributed by atoms with Crippen molar-refractivity contribution < 1.29 is 9.90 Å². The van der Waals surface area contributed by atoms with Gasteiger partial charge in [0.05, 0.1) is 5.03 Å². The topological polar surface area (TPSA) is 62.2 Å². The number of carboxylic acids is 1. The summed E-state index contributed by atoms with van der Waals surface area (Å²) in [6.45, 7) is 4.49. The van der Waals surface area contributed by atoms with E-state index in [1.54, 1.807) is 24.9 Å². The number of nitrogens with one attached hydrogen (secondary N) is 1. The van der Waals surface area contributed by atoms with Crippen molar-refractivity contribution in [2.45, 2.75) is 37.3 Å². The lowest BCUT2D eigenvalue weighted by Crippen LogP contribution is -2.50. The summed E-state index contributed by atoms with van der Waals surface area (Å²) in [4.78, 5) is 15.5. The van der Waals surface area contributed by atoms with Crippen molar-refractivity contribution in [1.29, 1.82) is 0 Å². The van der Waals surface area contributed by atoms with Crippen LogP contribution in [0.15, 0.2) is 29.4 Å². The molecule has 0 bridgehead atoms. The normalized spacial score (nSPS) is 14.1. The molecule has 18 heavy (non-hydrogen) atoms. The number of hydrogen-bond donors (Lipinski definition) is 2. The zero-order valence-electron chi connectivity index (χ0n) is 10.8. The van der Waals surface area contributed by atoms with Gasteiger partial charge in [0, 0.05) is 11.9 Å². The molecule has 100 valence electrons. The van der Waals surface area contributed by atoms with E-state index >= 15 is 0 Å². The summed E-state index contributed by atoms with van der Waals surface area (Å²) in [5.41, 5.74) is -0.849. The van der Waals surface area contributed by atoms with Crippen LogP contribution in [-0.4, -0.2) is 33.9 Å². The fourth-order valence-corrected chi connectivity index (χ4v) is 2.49. The Bertz CT molecular complexity index is 373. The van der Waals surface area contributed by atoms with E-state index in [0.29, 0.717) is 6.42 Å². The van der Waals surface area contributed by atoms with Crippen LogP contribution in [0, 0.1) is 0 Å². The Morgan fingerprint density at radius 3 is 2.89 bits per heavy atom. The first-order valence-electron chi connectivity index (χ1n) is 6.11. The van der Waals surface area contributed by atoms with Gasteiger partial charge in [-0.2, -0.15) is 0 Å². The lowest BCUT2D eigenvalue weighted by molar-refractivity contribution is -0.144. The lowest BCUT2D eigenvalue weighted by Gasteiger charge is -2.25. The van der Waals surface area contributed by atoms with Crippen LogP contribution in [0.1, 0.15) is 26.7 Å². The van der Waals surface area contributed by atoms with Gasteiger partial charge >= 0.3 is 5.97 Å². The molecule has 0 radical (unpaired) electrons. The van der Waals surface area contributed by atoms with Crippen molar-refractivity contribution in [3.8, 4) is 0 Å². The van der Waals surface area contributed by atoms with Gasteiger partial charge < -0.3 is 10.4 Å². The van der Waals surface area contributed by atoms with Gasteiger partial charge in [-0.1, -0.05) is 13.0 Å². The van der Waals surface area contributed by atoms with Gasteiger partial charge in [-0.3, -0.25) is 4.79 Å². The molecule has 1 aromatic heterocycles. The van der Waals surface area contributed by atoms with Gasteiger partial charge in [-0.25, -0.2) is 4.98 Å². The van der Waals surface area contributed by atoms with Gasteiger partial charge in [-0.15, -0.1) is 11.8 Å². The number of carboxylic acid groups (broad SMARTS) is 1. The first kappa shape index (κ1) is 15.0. The second-order valence-electron chi connectivity index (χ2n) is 4.33. The highest BCUT2D eigenvalue weighted by atomic mass is 32.2. The van der Waals surface area contributed by atoms with Crippen LogP contribution in [-0.2, 0) is 4.79 Å². The zero-order valence-corrected chi connectivity index (χ0v) is 11.7. The average molecular weight is 268 g/mol. The fourth-order valence-electron chi connectivity index (χ4n) is 1.46. The van der Waals surface area contributed by atoms with Crippen LogP contribution in [0.2, 0.25) is 0 Å². The molecule has 0 aliphatic rings. The molecule has 0 amide bonds. The molecule has 2 N–H and O–H groups in total. The number of aliphatic carboxylic acids is 1. The summed E-state index contributed by atoms with van der Waals surface area (Å²) < 4.78 is 0. The number of thioether (sulfide) groups is 1. The van der Waals surface area contributed by atoms with Crippen molar-refractivity contribution in [3.05, 3.63) is 24.4 Å². The maximum Gasteiger partial charge on any atom is 0.323 e. The van der Waals surface area contributed by atoms with E-state index in [9.17, 15) is 9.90 Å². The largest absolute Gasteiger partial charge is 0.480 e. The standard InChI is InChI=1S/C13H20N2O2S/c1-3-8-15-13(2,12(16)17)7-10-18-11-6-4-5-9-14-11/h4-6,9,15H,3,7-8,10H2,1-2H3,(H,16,17). The molecular weight excluding hydrogens is 248 g/mol. The van der Waals surface area contributed by atoms with Gasteiger partial charge in [0.15, 0.2) is 0 Å². The smallest absolute Gasteiger partial charge is 0.323 e. The Labute approximate surface area is 112 Å². The maximum atomic E-state index is 11.3. The van der Waals surface area contributed by atoms with Crippen molar-refractivity contribution in [3.63, 3.8) is 0 Å². The van der Waals surface area contributed by atoms with Crippen LogP contribution in [0.25, 0.3) is 0 Å². The van der Waals surface area contributed by atoms with Crippen LogP contribution in [0.3, 0.4) is 0 Å². The van der Waals surface area contributed by atoms with E-state index in [1.165, 1.54) is 0 Å². The fraction of sp³-hybridized carbons (Fsp3) is 0.538. The highest BCUT2D eigenvalue weighted by Crippen LogP contribution is 2.20. The third-order valence-corrected chi connectivity index (χ3v) is 3.67. The Balaban J connectivity index is 2.45. The van der Waals surface area contributed by atoms with Crippen molar-refractivity contribution in [2.75, 3.05) is 12.3 Å². The third-order valence-electron chi connectivity index (χ3n) is 2.73. The van der Waals surface area contributed by atoms with E-state index in [0.717, 1.165) is 23.7 Å². The molecule has 4 nitrogen and oxygen atoms in total. The Kier molecular flexibility index (Phi) is 6.15. The second-order valence-corrected chi connectivity index (χ2v) is 5.45. The number of hydrogen-bond acceptors (Lipinski definition) is 4. The Morgan fingerprint density at radius 1 is 1.56 bits per heavy atom. The summed E-state index contributed by atoms with van der Waals surface area (Å²) in [6, 6.07) is 5.73. The first-order valence-corrected chi connectivity index (χ1v) is 7.09. The summed E-state index contributed by atoms with van der Waals surface area (Å²) in [5.74, 6) is -0.0612. The molecular formula is C13H20N2O2S. The number of nitrogens with zero attached hydrogens (tertiary/aromatic N) is 1. The molecule has 0 fully saturated rings. The molecule has 1 heterocycles. The number of aromatic nitrogens is 1. The second kappa shape index (κ2) is 7.38. The molecule has 1 unspecified atom stereocenters. The monoisotopic (exact) mass is 268 g/mol. The van der Waals surface area contributed by atoms with E-state index in [4.69, 9.17) is 0 Å². The molecule has 0 aromatic carbocycles. The van der Waals surface area contributed by atoms with Gasteiger partial charge in [-0.05, 0) is 38.4 Å². The first-order chi connectivity index (χ1) is 8.58. The van der Waals surface area contributed by atoms with E-state index in [1.807, 2.05) is 25.1 Å². The van der Waals surface area contributed by atoms with E-state index in [2.05, 4.69) is 10.3 Å². The molecule has 0 saturated heterocycles. The van der Waals surface area contributed by atoms with E-state index in [-0.39, 0.29) is 0 Å². The minimum atomic E-state index is -0.849. The highest BCUT2D eigenvalue weighted by Gasteiger charge is 2.31. The van der Waals surface area contributed by atoms with Crippen LogP contribution in [0.4, 0.5) is 0 Å². The summed E-state index contributed by atoms with van der Waals surface area (Å²) in [7, 11) is 0. The Hall–Kier alpha value is -1.07. The van der Waals surface area contributed by atoms with Gasteiger partial charge in [0.1, 0.15) is 5.54 Å². The van der Waals surface area contributed by atoms with Crippen molar-refractivity contribution in [1.82, 2.24) is 10.3 Å². The molecule has 0 aliphatic carbocycles. The maximum absolute atomic E-state index is 11.3. The van der Waals surface area contributed by atoms with Gasteiger partial charge in [0.25, 0.3) is 0 Å². The molecule has 1 aromatic rings. The van der Waals surface area contributed by atoms with Crippen LogP contribution < -0.4 is 5.32 Å². The SMILES string of the molecule is CCCNC(C)(CCSc1ccccn1)C(=O)O. The summed E-state index contributed by atoms with van der Waals surface area (Å²) >= 11 is 1.58. The molecule has 0 spiro atoms. The van der Waals surface area contributed by atoms with Gasteiger partial charge in [0.2, 0.25) is 0 Å². The Morgan fingerprint density at radius 2 is 2.33 bits per heavy atom. The number of pyridine rings is 1. The van der Waals surface area contributed by atoms with Crippen molar-refractivity contribution >= 4 is 17.7 Å². The van der Waals surface area contributed by atoms with Crippen LogP contribution in [0.5, 0.6) is 0 Å². The average Bonchev–Trinajstić information content (AvgIpc) is 2.37. The predicted octanol–water partition coefficient (Wildman–Crippen LogP) is 2.41. The minimum absolute atomic E-state index is 0.573. The van der Waals surface area contributed by atoms with Crippen LogP contribution >= 0.6 is 11.8 Å². The van der Waals surface area contributed by atoms with Crippen molar-refractivity contribution in [2.24, 2.45) is 0 Å². The third kappa shape index (κ3) is 4.66. The zero-order chi connectivity index (χ0) is 13.4. The molecule has 1 rings (SSSR count). The predicted molar refractivity (Wildman–Crippen MR) is 73.9 cm³/mol. The lowest BCUT2D eigenvalue weighted by atomic mass is 9.99. The molecule has 0 aliphatic heterocycles. The highest BCUT2D eigenvalue weighted by molar-refractivity contribution is 7.99. The summed E-state index contributed by atoms with van der Waals surface area (Å²) in [5, 5.41) is 13.3. The molecule has 5 heteroatoms. The molecule has 0 saturated carbocycles. The van der Waals surface area contributed by atoms with E-state index < -0.39 is 11.5 Å². The quantitative estimate of drug-likeness (QED) is 0.709. The minimum Gasteiger partial charge on any atom is -0.480 e.